The second-order valence-corrected chi connectivity index (χ2v) is 8.02. The van der Waals surface area contributed by atoms with E-state index in [1.54, 1.807) is 55.6 Å². The number of aromatic carboxylic acids is 1. The zero-order valence-electron chi connectivity index (χ0n) is 18.9. The minimum Gasteiger partial charge on any atom is -0.497 e. The summed E-state index contributed by atoms with van der Waals surface area (Å²) in [6, 6.07) is 18.3. The van der Waals surface area contributed by atoms with Crippen LogP contribution in [0, 0.1) is 11.3 Å². The Morgan fingerprint density at radius 1 is 1.03 bits per heavy atom. The van der Waals surface area contributed by atoms with Crippen molar-refractivity contribution in [2.24, 2.45) is 0 Å². The number of hydrogen-bond donors (Lipinski definition) is 2. The molecule has 0 atom stereocenters. The molecule has 178 valence electrons. The topological polar surface area (TPSA) is 118 Å². The third-order valence-electron chi connectivity index (χ3n) is 4.89. The number of carbonyl (C=O) groups is 2. The van der Waals surface area contributed by atoms with Gasteiger partial charge in [0.15, 0.2) is 11.5 Å². The quantitative estimate of drug-likeness (QED) is 0.281. The highest BCUT2D eigenvalue weighted by Gasteiger charge is 2.14. The molecule has 0 unspecified atom stereocenters. The first kappa shape index (κ1) is 25.3. The van der Waals surface area contributed by atoms with Gasteiger partial charge in [0.25, 0.3) is 5.91 Å². The number of hydrogen-bond acceptors (Lipinski definition) is 6. The van der Waals surface area contributed by atoms with Crippen molar-refractivity contribution in [3.63, 3.8) is 0 Å². The number of benzene rings is 3. The highest BCUT2D eigenvalue weighted by molar-refractivity contribution is 9.10. The fourth-order valence-electron chi connectivity index (χ4n) is 3.02. The van der Waals surface area contributed by atoms with Crippen molar-refractivity contribution in [2.75, 3.05) is 19.5 Å². The van der Waals surface area contributed by atoms with E-state index < -0.39 is 11.9 Å². The summed E-state index contributed by atoms with van der Waals surface area (Å²) in [5.41, 5.74) is 1.93. The molecule has 0 radical (unpaired) electrons. The predicted molar refractivity (Wildman–Crippen MR) is 134 cm³/mol. The van der Waals surface area contributed by atoms with Crippen LogP contribution in [0.25, 0.3) is 6.08 Å². The van der Waals surface area contributed by atoms with Crippen LogP contribution in [-0.4, -0.2) is 31.2 Å². The number of carboxylic acid groups (broad SMARTS) is 1. The second kappa shape index (κ2) is 11.7. The molecule has 2 N–H and O–H groups in total. The van der Waals surface area contributed by atoms with Gasteiger partial charge >= 0.3 is 5.97 Å². The summed E-state index contributed by atoms with van der Waals surface area (Å²) in [5.74, 6) is -0.0843. The Kier molecular flexibility index (Phi) is 8.48. The summed E-state index contributed by atoms with van der Waals surface area (Å²) >= 11 is 3.45. The zero-order valence-corrected chi connectivity index (χ0v) is 20.5. The molecule has 35 heavy (non-hydrogen) atoms. The Bertz CT molecular complexity index is 1300. The lowest BCUT2D eigenvalue weighted by molar-refractivity contribution is -0.112. The molecule has 3 aromatic rings. The van der Waals surface area contributed by atoms with E-state index in [0.717, 1.165) is 5.56 Å². The molecule has 0 bridgehead atoms. The number of halogens is 1. The minimum absolute atomic E-state index is 0.101. The van der Waals surface area contributed by atoms with Crippen molar-refractivity contribution in [1.29, 1.82) is 5.26 Å². The number of carbonyl (C=O) groups excluding carboxylic acids is 1. The number of nitrogens with one attached hydrogen (secondary N) is 1. The van der Waals surface area contributed by atoms with Crippen molar-refractivity contribution in [3.05, 3.63) is 87.4 Å². The van der Waals surface area contributed by atoms with E-state index in [-0.39, 0.29) is 17.7 Å². The molecule has 3 aromatic carbocycles. The number of nitrogens with zero attached hydrogens (tertiary/aromatic N) is 1. The van der Waals surface area contributed by atoms with Gasteiger partial charge in [0.1, 0.15) is 24.0 Å². The van der Waals surface area contributed by atoms with Crippen LogP contribution in [-0.2, 0) is 11.4 Å². The van der Waals surface area contributed by atoms with Gasteiger partial charge in [0, 0.05) is 10.2 Å². The van der Waals surface area contributed by atoms with Gasteiger partial charge in [0.05, 0.1) is 19.8 Å². The van der Waals surface area contributed by atoms with Crippen molar-refractivity contribution in [3.8, 4) is 23.3 Å². The number of nitriles is 1. The molecular weight excluding hydrogens is 516 g/mol. The molecule has 8 nitrogen and oxygen atoms in total. The average molecular weight is 537 g/mol. The van der Waals surface area contributed by atoms with E-state index in [4.69, 9.17) is 19.3 Å². The number of amides is 1. The van der Waals surface area contributed by atoms with E-state index in [1.165, 1.54) is 25.3 Å². The smallest absolute Gasteiger partial charge is 0.335 e. The number of methoxy groups -OCH3 is 2. The first-order valence-corrected chi connectivity index (χ1v) is 11.0. The van der Waals surface area contributed by atoms with Crippen LogP contribution in [0.5, 0.6) is 17.2 Å². The fraction of sp³-hybridized carbons (Fsp3) is 0.115. The molecule has 0 saturated carbocycles. The first-order valence-electron chi connectivity index (χ1n) is 10.2. The van der Waals surface area contributed by atoms with Crippen molar-refractivity contribution < 1.29 is 28.9 Å². The molecule has 0 aromatic heterocycles. The van der Waals surface area contributed by atoms with Crippen LogP contribution in [0.2, 0.25) is 0 Å². The number of carboxylic acids is 1. The largest absolute Gasteiger partial charge is 0.497 e. The van der Waals surface area contributed by atoms with Crippen LogP contribution in [0.4, 0.5) is 5.69 Å². The molecule has 9 heteroatoms. The molecule has 0 aliphatic heterocycles. The summed E-state index contributed by atoms with van der Waals surface area (Å²) in [6.45, 7) is 0.186. The van der Waals surface area contributed by atoms with Gasteiger partial charge in [-0.15, -0.1) is 0 Å². The molecule has 3 rings (SSSR count). The van der Waals surface area contributed by atoms with Gasteiger partial charge in [-0.1, -0.05) is 28.1 Å². The van der Waals surface area contributed by atoms with Crippen LogP contribution < -0.4 is 19.5 Å². The molecule has 0 saturated heterocycles. The van der Waals surface area contributed by atoms with Crippen LogP contribution in [0.3, 0.4) is 0 Å². The lowest BCUT2D eigenvalue weighted by Crippen LogP contribution is -2.13. The van der Waals surface area contributed by atoms with E-state index in [9.17, 15) is 14.9 Å². The molecule has 1 amide bonds. The maximum absolute atomic E-state index is 12.6. The zero-order chi connectivity index (χ0) is 25.4. The highest BCUT2D eigenvalue weighted by Crippen LogP contribution is 2.35. The summed E-state index contributed by atoms with van der Waals surface area (Å²) in [5, 5.41) is 21.2. The Hall–Kier alpha value is -4.29. The monoisotopic (exact) mass is 536 g/mol. The second-order valence-electron chi connectivity index (χ2n) is 7.17. The van der Waals surface area contributed by atoms with Gasteiger partial charge in [-0.2, -0.15) is 5.26 Å². The maximum Gasteiger partial charge on any atom is 0.335 e. The summed E-state index contributed by atoms with van der Waals surface area (Å²) in [4.78, 5) is 23.6. The van der Waals surface area contributed by atoms with Gasteiger partial charge in [-0.05, 0) is 65.7 Å². The number of anilines is 1. The van der Waals surface area contributed by atoms with Gasteiger partial charge < -0.3 is 24.6 Å². The summed E-state index contributed by atoms with van der Waals surface area (Å²) < 4.78 is 17.0. The van der Waals surface area contributed by atoms with E-state index in [2.05, 4.69) is 21.2 Å². The third kappa shape index (κ3) is 6.62. The normalized spacial score (nSPS) is 10.7. The van der Waals surface area contributed by atoms with E-state index in [1.807, 2.05) is 6.07 Å². The predicted octanol–water partition coefficient (Wildman–Crippen LogP) is 5.29. The summed E-state index contributed by atoms with van der Waals surface area (Å²) in [6.07, 6.45) is 1.44. The van der Waals surface area contributed by atoms with Crippen LogP contribution >= 0.6 is 15.9 Å². The molecule has 0 fully saturated rings. The molecular formula is C26H21BrN2O6. The van der Waals surface area contributed by atoms with Gasteiger partial charge in [-0.3, -0.25) is 4.79 Å². The lowest BCUT2D eigenvalue weighted by atomic mass is 10.1. The number of rotatable bonds is 9. The minimum atomic E-state index is -0.999. The molecule has 0 aliphatic rings. The fourth-order valence-corrected chi connectivity index (χ4v) is 3.45. The van der Waals surface area contributed by atoms with Gasteiger partial charge in [0.2, 0.25) is 0 Å². The van der Waals surface area contributed by atoms with Crippen molar-refractivity contribution in [2.45, 2.75) is 6.61 Å². The van der Waals surface area contributed by atoms with Crippen LogP contribution in [0.1, 0.15) is 21.5 Å². The lowest BCUT2D eigenvalue weighted by Gasteiger charge is -2.13. The molecule has 0 aliphatic carbocycles. The maximum atomic E-state index is 12.6. The first-order chi connectivity index (χ1) is 16.8. The van der Waals surface area contributed by atoms with Gasteiger partial charge in [-0.25, -0.2) is 4.79 Å². The van der Waals surface area contributed by atoms with E-state index >= 15 is 0 Å². The number of ether oxygens (including phenoxy) is 3. The van der Waals surface area contributed by atoms with E-state index in [0.29, 0.717) is 33.0 Å². The summed E-state index contributed by atoms with van der Waals surface area (Å²) in [7, 11) is 3.03. The SMILES string of the molecule is COc1ccc(NC(=O)/C(C#N)=C\c2cc(OC)c(OCc3ccc(C(=O)O)cc3)cc2Br)cc1. The third-order valence-corrected chi connectivity index (χ3v) is 5.58. The average Bonchev–Trinajstić information content (AvgIpc) is 2.87. The van der Waals surface area contributed by atoms with Crippen molar-refractivity contribution in [1.82, 2.24) is 0 Å². The Morgan fingerprint density at radius 3 is 2.29 bits per heavy atom. The molecule has 0 heterocycles. The van der Waals surface area contributed by atoms with Crippen LogP contribution in [0.15, 0.2) is 70.7 Å². The Labute approximate surface area is 210 Å². The Morgan fingerprint density at radius 2 is 1.71 bits per heavy atom. The highest BCUT2D eigenvalue weighted by atomic mass is 79.9. The standard InChI is InChI=1S/C26H21BrN2O6/c1-33-21-9-7-20(8-10-21)29-25(30)19(14-28)11-18-12-23(34-2)24(13-22(18)27)35-15-16-3-5-17(6-4-16)26(31)32/h3-13H,15H2,1-2H3,(H,29,30)(H,31,32)/b19-11-. The molecule has 0 spiro atoms. The Balaban J connectivity index is 1.77. The van der Waals surface area contributed by atoms with Crippen molar-refractivity contribution >= 4 is 39.6 Å².